The van der Waals surface area contributed by atoms with Crippen LogP contribution >= 0.6 is 0 Å². The van der Waals surface area contributed by atoms with Crippen molar-refractivity contribution < 1.29 is 4.74 Å². The van der Waals surface area contributed by atoms with Gasteiger partial charge in [-0.05, 0) is 61.2 Å². The summed E-state index contributed by atoms with van der Waals surface area (Å²) in [7, 11) is 0. The zero-order chi connectivity index (χ0) is 11.3. The first-order valence-electron chi connectivity index (χ1n) is 7.16. The molecule has 0 aromatic heterocycles. The smallest absolute Gasteiger partial charge is 0.0956 e. The zero-order valence-corrected chi connectivity index (χ0v) is 11.0. The lowest BCUT2D eigenvalue weighted by Crippen LogP contribution is -2.69. The molecule has 5 aliphatic rings. The first-order chi connectivity index (χ1) is 7.48. The molecular formula is C15H24O. The molecule has 4 aliphatic carbocycles. The van der Waals surface area contributed by atoms with E-state index in [2.05, 4.69) is 27.7 Å². The van der Waals surface area contributed by atoms with E-state index in [9.17, 15) is 0 Å². The van der Waals surface area contributed by atoms with Gasteiger partial charge in [0.1, 0.15) is 0 Å². The third-order valence-electron chi connectivity index (χ3n) is 6.84. The fourth-order valence-corrected chi connectivity index (χ4v) is 6.08. The molecular weight excluding hydrogens is 196 g/mol. The van der Waals surface area contributed by atoms with Crippen molar-refractivity contribution in [1.82, 2.24) is 0 Å². The Balaban J connectivity index is 1.73. The molecule has 4 saturated carbocycles. The molecule has 1 nitrogen and oxygen atoms in total. The first-order valence-corrected chi connectivity index (χ1v) is 7.16. The first kappa shape index (κ1) is 9.94. The largest absolute Gasteiger partial charge is 0.366 e. The Labute approximate surface area is 98.9 Å². The maximum atomic E-state index is 6.05. The van der Waals surface area contributed by atoms with Crippen LogP contribution in [0.1, 0.15) is 47.0 Å². The highest BCUT2D eigenvalue weighted by Gasteiger charge is 2.79. The number of fused-ring (bicyclic) bond motifs is 3. The van der Waals surface area contributed by atoms with Gasteiger partial charge in [0.25, 0.3) is 0 Å². The van der Waals surface area contributed by atoms with E-state index in [1.807, 2.05) is 0 Å². The topological polar surface area (TPSA) is 12.5 Å². The van der Waals surface area contributed by atoms with Crippen molar-refractivity contribution in [3.05, 3.63) is 0 Å². The molecule has 0 N–H and O–H groups in total. The Kier molecular flexibility index (Phi) is 1.57. The van der Waals surface area contributed by atoms with Gasteiger partial charge in [0.15, 0.2) is 0 Å². The molecule has 5 rings (SSSR count). The molecule has 0 radical (unpaired) electrons. The Morgan fingerprint density at radius 2 is 2.00 bits per heavy atom. The highest BCUT2D eigenvalue weighted by molar-refractivity contribution is 5.27. The van der Waals surface area contributed by atoms with Gasteiger partial charge in [0.05, 0.1) is 11.7 Å². The summed E-state index contributed by atoms with van der Waals surface area (Å²) >= 11 is 0. The lowest BCUT2D eigenvalue weighted by molar-refractivity contribution is -0.227. The lowest BCUT2D eigenvalue weighted by atomic mass is 9.32. The zero-order valence-electron chi connectivity index (χ0n) is 11.0. The minimum Gasteiger partial charge on any atom is -0.366 e. The van der Waals surface area contributed by atoms with Gasteiger partial charge in [-0.3, -0.25) is 0 Å². The van der Waals surface area contributed by atoms with Crippen LogP contribution in [-0.2, 0) is 4.74 Å². The van der Waals surface area contributed by atoms with Crippen LogP contribution in [0.3, 0.4) is 0 Å². The van der Waals surface area contributed by atoms with E-state index in [1.54, 1.807) is 0 Å². The number of ether oxygens (including phenoxy) is 1. The van der Waals surface area contributed by atoms with Gasteiger partial charge in [0.2, 0.25) is 0 Å². The third kappa shape index (κ3) is 0.836. The fraction of sp³-hybridized carbons (Fsp3) is 1.00. The number of rotatable bonds is 1. The van der Waals surface area contributed by atoms with Crippen molar-refractivity contribution in [3.63, 3.8) is 0 Å². The summed E-state index contributed by atoms with van der Waals surface area (Å²) in [5.41, 5.74) is 0.944. The Hall–Kier alpha value is -0.0400. The van der Waals surface area contributed by atoms with Gasteiger partial charge >= 0.3 is 0 Å². The summed E-state index contributed by atoms with van der Waals surface area (Å²) in [6, 6.07) is 0. The van der Waals surface area contributed by atoms with Gasteiger partial charge in [-0.2, -0.15) is 0 Å². The van der Waals surface area contributed by atoms with Gasteiger partial charge < -0.3 is 4.74 Å². The number of hydrogen-bond acceptors (Lipinski definition) is 1. The SMILES string of the molecule is CC(C)[C@H]1CC[C@@]2(C)C3CC4O[C@]4(C)[C@H]2[C@@H]31. The molecule has 1 heterocycles. The molecule has 2 unspecified atom stereocenters. The second-order valence-corrected chi connectivity index (χ2v) is 7.64. The second-order valence-electron chi connectivity index (χ2n) is 7.64. The minimum atomic E-state index is 0.293. The molecule has 1 aliphatic heterocycles. The standard InChI is InChI=1S/C15H24O/c1-8(2)9-5-6-14(3)10-7-11-15(4,16-11)13(14)12(9)10/h8-13H,5-7H2,1-4H3/t9-,10?,11?,12-,13+,14+,15+/m1/s1. The van der Waals surface area contributed by atoms with E-state index in [0.29, 0.717) is 17.1 Å². The van der Waals surface area contributed by atoms with Crippen molar-refractivity contribution in [2.45, 2.75) is 58.7 Å². The van der Waals surface area contributed by atoms with Gasteiger partial charge in [0, 0.05) is 0 Å². The molecule has 1 heteroatoms. The van der Waals surface area contributed by atoms with Crippen molar-refractivity contribution in [3.8, 4) is 0 Å². The highest BCUT2D eigenvalue weighted by Crippen LogP contribution is 2.78. The Morgan fingerprint density at radius 3 is 2.62 bits per heavy atom. The quantitative estimate of drug-likeness (QED) is 0.616. The summed E-state index contributed by atoms with van der Waals surface area (Å²) in [6.45, 7) is 9.80. The summed E-state index contributed by atoms with van der Waals surface area (Å²) in [5.74, 6) is 4.75. The molecule has 4 bridgehead atoms. The summed E-state index contributed by atoms with van der Waals surface area (Å²) in [6.07, 6.45) is 4.95. The molecule has 0 spiro atoms. The van der Waals surface area contributed by atoms with Crippen LogP contribution in [0.25, 0.3) is 0 Å². The van der Waals surface area contributed by atoms with Crippen LogP contribution in [0.5, 0.6) is 0 Å². The van der Waals surface area contributed by atoms with Crippen LogP contribution < -0.4 is 0 Å². The summed E-state index contributed by atoms with van der Waals surface area (Å²) in [4.78, 5) is 0. The maximum Gasteiger partial charge on any atom is 0.0956 e. The van der Waals surface area contributed by atoms with Crippen LogP contribution in [-0.4, -0.2) is 11.7 Å². The molecule has 7 atom stereocenters. The van der Waals surface area contributed by atoms with Crippen LogP contribution in [0.4, 0.5) is 0 Å². The maximum absolute atomic E-state index is 6.05. The van der Waals surface area contributed by atoms with Gasteiger partial charge in [-0.15, -0.1) is 0 Å². The van der Waals surface area contributed by atoms with Crippen LogP contribution in [0.2, 0.25) is 0 Å². The number of epoxide rings is 1. The van der Waals surface area contributed by atoms with E-state index in [-0.39, 0.29) is 0 Å². The van der Waals surface area contributed by atoms with E-state index in [0.717, 1.165) is 29.6 Å². The average molecular weight is 220 g/mol. The van der Waals surface area contributed by atoms with Crippen molar-refractivity contribution in [2.75, 3.05) is 0 Å². The molecule has 90 valence electrons. The Bertz CT molecular complexity index is 349. The summed E-state index contributed by atoms with van der Waals surface area (Å²) in [5, 5.41) is 0. The molecule has 1 saturated heterocycles. The lowest BCUT2D eigenvalue weighted by Gasteiger charge is -2.71. The molecule has 0 amide bonds. The van der Waals surface area contributed by atoms with Crippen molar-refractivity contribution in [1.29, 1.82) is 0 Å². The van der Waals surface area contributed by atoms with Crippen LogP contribution in [0.15, 0.2) is 0 Å². The van der Waals surface area contributed by atoms with E-state index in [4.69, 9.17) is 4.74 Å². The van der Waals surface area contributed by atoms with E-state index < -0.39 is 0 Å². The minimum absolute atomic E-state index is 0.293. The Morgan fingerprint density at radius 1 is 1.25 bits per heavy atom. The van der Waals surface area contributed by atoms with E-state index in [1.165, 1.54) is 19.3 Å². The van der Waals surface area contributed by atoms with E-state index >= 15 is 0 Å². The monoisotopic (exact) mass is 220 g/mol. The van der Waals surface area contributed by atoms with Crippen LogP contribution in [0, 0.1) is 35.0 Å². The predicted molar refractivity (Wildman–Crippen MR) is 64.0 cm³/mol. The molecule has 5 fully saturated rings. The normalized spacial score (nSPS) is 66.2. The molecule has 0 aromatic rings. The van der Waals surface area contributed by atoms with Gasteiger partial charge in [-0.1, -0.05) is 20.8 Å². The number of hydrogen-bond donors (Lipinski definition) is 0. The summed E-state index contributed by atoms with van der Waals surface area (Å²) < 4.78 is 6.05. The molecule has 0 aromatic carbocycles. The highest BCUT2D eigenvalue weighted by atomic mass is 16.6. The second kappa shape index (κ2) is 2.53. The van der Waals surface area contributed by atoms with Gasteiger partial charge in [-0.25, -0.2) is 0 Å². The average Bonchev–Trinajstić information content (AvgIpc) is 2.89. The molecule has 16 heavy (non-hydrogen) atoms. The predicted octanol–water partition coefficient (Wildman–Crippen LogP) is 3.48. The van der Waals surface area contributed by atoms with Crippen molar-refractivity contribution in [2.24, 2.45) is 35.0 Å². The fourth-order valence-electron chi connectivity index (χ4n) is 6.08. The van der Waals surface area contributed by atoms with Crippen molar-refractivity contribution >= 4 is 0 Å². The third-order valence-corrected chi connectivity index (χ3v) is 6.84.